The molecule has 0 fully saturated rings. The van der Waals surface area contributed by atoms with Crippen LogP contribution in [0.1, 0.15) is 33.6 Å². The molecule has 0 aliphatic rings. The predicted octanol–water partition coefficient (Wildman–Crippen LogP) is 1.46. The first-order valence-electron chi connectivity index (χ1n) is 6.40. The van der Waals surface area contributed by atoms with E-state index >= 15 is 0 Å². The molecule has 1 rings (SSSR count). The maximum Gasteiger partial charge on any atom is 0.268 e. The van der Waals surface area contributed by atoms with Crippen molar-refractivity contribution in [3.63, 3.8) is 0 Å². The summed E-state index contributed by atoms with van der Waals surface area (Å²) in [6.07, 6.45) is 2.86. The van der Waals surface area contributed by atoms with Gasteiger partial charge in [0, 0.05) is 32.1 Å². The zero-order valence-electron chi connectivity index (χ0n) is 11.3. The molecular formula is C13H21N3O2. The van der Waals surface area contributed by atoms with Crippen LogP contribution in [-0.2, 0) is 11.3 Å². The maximum absolute atomic E-state index is 11.8. The Morgan fingerprint density at radius 1 is 1.39 bits per heavy atom. The standard InChI is InChI=1S/C13H21N3O2/c1-4-15(5-2)12-9-13(18)16(14-10-12)8-6-7-11(3)17/h9-10H,4-8H2,1-3H3. The fourth-order valence-electron chi connectivity index (χ4n) is 1.83. The van der Waals surface area contributed by atoms with Crippen molar-refractivity contribution >= 4 is 11.5 Å². The van der Waals surface area contributed by atoms with E-state index in [1.165, 1.54) is 4.68 Å². The first-order valence-corrected chi connectivity index (χ1v) is 6.40. The summed E-state index contributed by atoms with van der Waals surface area (Å²) in [6.45, 7) is 7.85. The van der Waals surface area contributed by atoms with E-state index in [-0.39, 0.29) is 11.3 Å². The van der Waals surface area contributed by atoms with Gasteiger partial charge in [0.15, 0.2) is 0 Å². The number of nitrogens with zero attached hydrogens (tertiary/aromatic N) is 3. The lowest BCUT2D eigenvalue weighted by Gasteiger charge is -2.20. The summed E-state index contributed by atoms with van der Waals surface area (Å²) in [5.74, 6) is 0.141. The third-order valence-electron chi connectivity index (χ3n) is 2.88. The zero-order valence-corrected chi connectivity index (χ0v) is 11.3. The minimum absolute atomic E-state index is 0.108. The molecule has 5 nitrogen and oxygen atoms in total. The second-order valence-corrected chi connectivity index (χ2v) is 4.25. The molecule has 100 valence electrons. The van der Waals surface area contributed by atoms with Crippen LogP contribution in [0.15, 0.2) is 17.1 Å². The monoisotopic (exact) mass is 251 g/mol. The highest BCUT2D eigenvalue weighted by Gasteiger charge is 2.05. The van der Waals surface area contributed by atoms with Gasteiger partial charge in [-0.15, -0.1) is 0 Å². The average Bonchev–Trinajstić information content (AvgIpc) is 2.33. The van der Waals surface area contributed by atoms with E-state index in [9.17, 15) is 9.59 Å². The summed E-state index contributed by atoms with van der Waals surface area (Å²) in [4.78, 5) is 24.7. The van der Waals surface area contributed by atoms with E-state index in [4.69, 9.17) is 0 Å². The van der Waals surface area contributed by atoms with Crippen LogP contribution in [0.5, 0.6) is 0 Å². The number of hydrogen-bond donors (Lipinski definition) is 0. The van der Waals surface area contributed by atoms with Gasteiger partial charge in [0.05, 0.1) is 11.9 Å². The van der Waals surface area contributed by atoms with Crippen LogP contribution in [0, 0.1) is 0 Å². The van der Waals surface area contributed by atoms with Crippen LogP contribution in [0.25, 0.3) is 0 Å². The first kappa shape index (κ1) is 14.4. The number of anilines is 1. The second kappa shape index (κ2) is 6.93. The van der Waals surface area contributed by atoms with Crippen molar-refractivity contribution in [1.82, 2.24) is 9.78 Å². The van der Waals surface area contributed by atoms with E-state index in [0.717, 1.165) is 18.8 Å². The smallest absolute Gasteiger partial charge is 0.268 e. The van der Waals surface area contributed by atoms with Crippen molar-refractivity contribution in [2.24, 2.45) is 0 Å². The minimum atomic E-state index is -0.108. The lowest BCUT2D eigenvalue weighted by Crippen LogP contribution is -2.27. The number of aromatic nitrogens is 2. The Morgan fingerprint density at radius 3 is 2.56 bits per heavy atom. The van der Waals surface area contributed by atoms with Crippen molar-refractivity contribution in [1.29, 1.82) is 0 Å². The molecule has 0 bridgehead atoms. The normalized spacial score (nSPS) is 10.4. The van der Waals surface area contributed by atoms with Gasteiger partial charge >= 0.3 is 0 Å². The Balaban J connectivity index is 2.73. The highest BCUT2D eigenvalue weighted by molar-refractivity contribution is 5.75. The molecule has 5 heteroatoms. The number of aryl methyl sites for hydroxylation is 1. The molecule has 0 radical (unpaired) electrons. The third kappa shape index (κ3) is 3.98. The van der Waals surface area contributed by atoms with Crippen molar-refractivity contribution in [2.45, 2.75) is 40.2 Å². The molecule has 0 atom stereocenters. The molecule has 1 heterocycles. The van der Waals surface area contributed by atoms with Gasteiger partial charge in [-0.05, 0) is 27.2 Å². The largest absolute Gasteiger partial charge is 0.371 e. The van der Waals surface area contributed by atoms with E-state index in [0.29, 0.717) is 19.4 Å². The quantitative estimate of drug-likeness (QED) is 0.736. The summed E-state index contributed by atoms with van der Waals surface area (Å²) in [5.41, 5.74) is 0.746. The summed E-state index contributed by atoms with van der Waals surface area (Å²) < 4.78 is 1.41. The van der Waals surface area contributed by atoms with Crippen LogP contribution < -0.4 is 10.5 Å². The van der Waals surface area contributed by atoms with E-state index in [1.54, 1.807) is 19.2 Å². The Labute approximate surface area is 107 Å². The van der Waals surface area contributed by atoms with E-state index in [2.05, 4.69) is 10.00 Å². The SMILES string of the molecule is CCN(CC)c1cnn(CCCC(C)=O)c(=O)c1. The minimum Gasteiger partial charge on any atom is -0.371 e. The van der Waals surface area contributed by atoms with Gasteiger partial charge in [-0.25, -0.2) is 4.68 Å². The number of carbonyl (C=O) groups excluding carboxylic acids is 1. The van der Waals surface area contributed by atoms with Crippen LogP contribution >= 0.6 is 0 Å². The molecule has 0 aliphatic heterocycles. The Bertz CT molecular complexity index is 450. The Hall–Kier alpha value is -1.65. The molecule has 0 amide bonds. The summed E-state index contributed by atoms with van der Waals surface area (Å²) in [5, 5.41) is 4.14. The van der Waals surface area contributed by atoms with E-state index in [1.807, 2.05) is 13.8 Å². The zero-order chi connectivity index (χ0) is 13.5. The molecule has 0 spiro atoms. The van der Waals surface area contributed by atoms with Gasteiger partial charge in [0.2, 0.25) is 0 Å². The first-order chi connectivity index (χ1) is 8.58. The summed E-state index contributed by atoms with van der Waals surface area (Å²) >= 11 is 0. The molecule has 0 saturated heterocycles. The molecule has 0 saturated carbocycles. The highest BCUT2D eigenvalue weighted by Crippen LogP contribution is 2.08. The molecule has 1 aromatic rings. The number of rotatable bonds is 7. The fourth-order valence-corrected chi connectivity index (χ4v) is 1.83. The molecule has 0 aromatic carbocycles. The average molecular weight is 251 g/mol. The van der Waals surface area contributed by atoms with Crippen LogP contribution in [-0.4, -0.2) is 28.7 Å². The van der Waals surface area contributed by atoms with Crippen molar-refractivity contribution in [3.8, 4) is 0 Å². The molecule has 0 unspecified atom stereocenters. The molecule has 1 aromatic heterocycles. The molecule has 0 N–H and O–H groups in total. The van der Waals surface area contributed by atoms with Crippen LogP contribution in [0.2, 0.25) is 0 Å². The van der Waals surface area contributed by atoms with Gasteiger partial charge in [0.25, 0.3) is 5.56 Å². The number of Topliss-reactive ketones (excluding diaryl/α,β-unsaturated/α-hetero) is 1. The van der Waals surface area contributed by atoms with Crippen molar-refractivity contribution < 1.29 is 4.79 Å². The van der Waals surface area contributed by atoms with E-state index < -0.39 is 0 Å². The molecular weight excluding hydrogens is 230 g/mol. The Kier molecular flexibility index (Phi) is 5.55. The van der Waals surface area contributed by atoms with Crippen molar-refractivity contribution in [2.75, 3.05) is 18.0 Å². The van der Waals surface area contributed by atoms with Gasteiger partial charge in [-0.2, -0.15) is 5.10 Å². The predicted molar refractivity (Wildman–Crippen MR) is 72.0 cm³/mol. The second-order valence-electron chi connectivity index (χ2n) is 4.25. The lowest BCUT2D eigenvalue weighted by atomic mass is 10.2. The topological polar surface area (TPSA) is 55.2 Å². The summed E-state index contributed by atoms with van der Waals surface area (Å²) in [7, 11) is 0. The number of hydrogen-bond acceptors (Lipinski definition) is 4. The fraction of sp³-hybridized carbons (Fsp3) is 0.615. The highest BCUT2D eigenvalue weighted by atomic mass is 16.1. The molecule has 18 heavy (non-hydrogen) atoms. The number of carbonyl (C=O) groups is 1. The van der Waals surface area contributed by atoms with Crippen LogP contribution in [0.4, 0.5) is 5.69 Å². The van der Waals surface area contributed by atoms with Gasteiger partial charge in [-0.3, -0.25) is 4.79 Å². The van der Waals surface area contributed by atoms with Gasteiger partial charge in [0.1, 0.15) is 5.78 Å². The van der Waals surface area contributed by atoms with Gasteiger partial charge in [-0.1, -0.05) is 0 Å². The van der Waals surface area contributed by atoms with Crippen molar-refractivity contribution in [3.05, 3.63) is 22.6 Å². The maximum atomic E-state index is 11.8. The molecule has 0 aliphatic carbocycles. The number of ketones is 1. The summed E-state index contributed by atoms with van der Waals surface area (Å²) in [6, 6.07) is 1.60. The lowest BCUT2D eigenvalue weighted by molar-refractivity contribution is -0.117. The Morgan fingerprint density at radius 2 is 2.06 bits per heavy atom. The van der Waals surface area contributed by atoms with Gasteiger partial charge < -0.3 is 9.69 Å². The third-order valence-corrected chi connectivity index (χ3v) is 2.88. The van der Waals surface area contributed by atoms with Crippen LogP contribution in [0.3, 0.4) is 0 Å².